The molecule has 6 atom stereocenters. The highest BCUT2D eigenvalue weighted by Crippen LogP contribution is 2.54. The van der Waals surface area contributed by atoms with Crippen LogP contribution >= 0.6 is 0 Å². The van der Waals surface area contributed by atoms with E-state index in [2.05, 4.69) is 0 Å². The van der Waals surface area contributed by atoms with Gasteiger partial charge in [-0.25, -0.2) is 9.59 Å². The fourth-order valence-electron chi connectivity index (χ4n) is 6.46. The molecule has 0 saturated carbocycles. The van der Waals surface area contributed by atoms with Gasteiger partial charge in [-0.15, -0.1) is 0 Å². The van der Waals surface area contributed by atoms with Gasteiger partial charge in [-0.3, -0.25) is 14.5 Å². The Balaban J connectivity index is 1.26. The first-order valence-corrected chi connectivity index (χ1v) is 16.0. The van der Waals surface area contributed by atoms with Gasteiger partial charge in [-0.1, -0.05) is 60.7 Å². The maximum atomic E-state index is 13.9. The van der Waals surface area contributed by atoms with Crippen LogP contribution < -0.4 is 9.47 Å². The number of hydrogen-bond acceptors (Lipinski definition) is 16. The number of benzene rings is 4. The summed E-state index contributed by atoms with van der Waals surface area (Å²) in [6.45, 7) is 0.766. The molecule has 5 bridgehead atoms. The third kappa shape index (κ3) is 5.96. The van der Waals surface area contributed by atoms with E-state index in [-0.39, 0.29) is 13.2 Å². The van der Waals surface area contributed by atoms with Crippen molar-refractivity contribution in [2.45, 2.75) is 56.8 Å². The predicted octanol–water partition coefficient (Wildman–Crippen LogP) is 4.11. The number of phenols is 4. The lowest BCUT2D eigenvalue weighted by molar-refractivity contribution is -0.423. The van der Waals surface area contributed by atoms with Gasteiger partial charge >= 0.3 is 11.9 Å². The third-order valence-corrected chi connectivity index (χ3v) is 8.84. The van der Waals surface area contributed by atoms with Crippen molar-refractivity contribution in [2.75, 3.05) is 6.61 Å². The van der Waals surface area contributed by atoms with Crippen molar-refractivity contribution >= 4 is 11.9 Å². The predicted molar refractivity (Wildman–Crippen MR) is 170 cm³/mol. The van der Waals surface area contributed by atoms with Gasteiger partial charge in [0, 0.05) is 18.1 Å². The molecule has 0 spiro atoms. The molecular formula is C36H30O16. The van der Waals surface area contributed by atoms with Crippen LogP contribution in [0.4, 0.5) is 0 Å². The molecule has 4 aliphatic heterocycles. The van der Waals surface area contributed by atoms with E-state index < -0.39 is 112 Å². The van der Waals surface area contributed by atoms with Crippen LogP contribution in [0.3, 0.4) is 0 Å². The van der Waals surface area contributed by atoms with E-state index in [1.807, 2.05) is 0 Å². The van der Waals surface area contributed by atoms with E-state index in [4.69, 9.17) is 48.0 Å². The van der Waals surface area contributed by atoms with Crippen molar-refractivity contribution in [1.82, 2.24) is 0 Å². The molecule has 0 amide bonds. The van der Waals surface area contributed by atoms with Gasteiger partial charge in [0.2, 0.25) is 11.5 Å². The van der Waals surface area contributed by atoms with Gasteiger partial charge in [0.05, 0.1) is 11.1 Å². The van der Waals surface area contributed by atoms with Crippen molar-refractivity contribution in [2.24, 2.45) is 0 Å². The quantitative estimate of drug-likeness (QED) is 0.207. The molecule has 4 aliphatic rings. The lowest BCUT2D eigenvalue weighted by Crippen LogP contribution is -2.62. The molecule has 0 aromatic heterocycles. The highest BCUT2D eigenvalue weighted by Gasteiger charge is 2.65. The standard InChI is InChI=1S/C36H30O16/c1-36-47-30-23-16-45-51-33(41)19-12-21(37)28(43-14-17-8-4-2-5-9-17)26(39)24(19)25-20(34(42)52-50-31(30)32(48-36)35(46-23)49-36)13-22(38)29(27(25)40)44-15-18-10-6-3-7-11-18/h2-13,23,30-32,35,37-40H,14-16H2,1H3/t23-,30-,31+,32-,35-,36?/m1/s1. The van der Waals surface area contributed by atoms with Gasteiger partial charge in [0.15, 0.2) is 35.4 Å². The maximum Gasteiger partial charge on any atom is 0.374 e. The van der Waals surface area contributed by atoms with Crippen LogP contribution in [0.5, 0.6) is 34.5 Å². The second kappa shape index (κ2) is 13.2. The molecule has 4 N–H and O–H groups in total. The first kappa shape index (κ1) is 33.5. The van der Waals surface area contributed by atoms with Crippen molar-refractivity contribution in [3.63, 3.8) is 0 Å². The Kier molecular flexibility index (Phi) is 8.49. The molecule has 4 heterocycles. The van der Waals surface area contributed by atoms with Crippen molar-refractivity contribution in [3.8, 4) is 45.6 Å². The third-order valence-electron chi connectivity index (χ3n) is 8.84. The minimum absolute atomic E-state index is 0.150. The van der Waals surface area contributed by atoms with Crippen molar-refractivity contribution < 1.29 is 78.0 Å². The Morgan fingerprint density at radius 3 is 1.77 bits per heavy atom. The molecule has 16 nitrogen and oxygen atoms in total. The summed E-state index contributed by atoms with van der Waals surface area (Å²) in [5, 5.41) is 45.6. The molecule has 3 saturated heterocycles. The van der Waals surface area contributed by atoms with Crippen LogP contribution in [0.25, 0.3) is 11.1 Å². The Morgan fingerprint density at radius 1 is 0.692 bits per heavy atom. The molecule has 0 aliphatic carbocycles. The normalized spacial score (nSPS) is 26.4. The van der Waals surface area contributed by atoms with Crippen LogP contribution in [-0.4, -0.2) is 75.7 Å². The molecule has 16 heteroatoms. The molecule has 1 unspecified atom stereocenters. The molecule has 0 radical (unpaired) electrons. The first-order valence-electron chi connectivity index (χ1n) is 16.0. The lowest BCUT2D eigenvalue weighted by atomic mass is 9.92. The molecule has 8 rings (SSSR count). The average Bonchev–Trinajstić information content (AvgIpc) is 3.33. The topological polar surface area (TPSA) is 207 Å². The van der Waals surface area contributed by atoms with E-state index >= 15 is 0 Å². The SMILES string of the molecule is CC12O[C@H]3O[C@@H]4COOC(=O)c5cc(O)c(OCc6ccccc6)c(O)c5-c5c(cc(O)c(OCc6ccccc6)c5O)C(=O)OO[C@H]([C@H]3O1)[C@@H]4O2. The number of rotatable bonds is 6. The van der Waals surface area contributed by atoms with Gasteiger partial charge in [-0.2, -0.15) is 9.78 Å². The summed E-state index contributed by atoms with van der Waals surface area (Å²) in [5.74, 6) is -8.38. The van der Waals surface area contributed by atoms with Crippen LogP contribution in [0.1, 0.15) is 38.8 Å². The highest BCUT2D eigenvalue weighted by molar-refractivity contribution is 6.08. The number of fused-ring (bicyclic) bond motifs is 4. The molecule has 4 aromatic rings. The maximum absolute atomic E-state index is 13.9. The summed E-state index contributed by atoms with van der Waals surface area (Å²) in [4.78, 5) is 48.9. The second-order valence-electron chi connectivity index (χ2n) is 12.3. The van der Waals surface area contributed by atoms with Crippen LogP contribution in [0.2, 0.25) is 0 Å². The molecule has 52 heavy (non-hydrogen) atoms. The summed E-state index contributed by atoms with van der Waals surface area (Å²) in [6.07, 6.45) is -5.17. The summed E-state index contributed by atoms with van der Waals surface area (Å²) < 4.78 is 34.8. The number of phenolic OH excluding ortho intramolecular Hbond substituents is 4. The van der Waals surface area contributed by atoms with Crippen LogP contribution in [0.15, 0.2) is 72.8 Å². The molecule has 270 valence electrons. The van der Waals surface area contributed by atoms with Gasteiger partial charge in [0.1, 0.15) is 38.1 Å². The van der Waals surface area contributed by atoms with E-state index in [0.29, 0.717) is 11.1 Å². The van der Waals surface area contributed by atoms with E-state index in [9.17, 15) is 30.0 Å². The Morgan fingerprint density at radius 2 is 1.21 bits per heavy atom. The first-order chi connectivity index (χ1) is 25.1. The van der Waals surface area contributed by atoms with Gasteiger partial charge < -0.3 is 44.1 Å². The zero-order valence-corrected chi connectivity index (χ0v) is 27.1. The summed E-state index contributed by atoms with van der Waals surface area (Å²) in [6, 6.07) is 19.3. The van der Waals surface area contributed by atoms with E-state index in [1.165, 1.54) is 6.92 Å². The Hall–Kier alpha value is -5.62. The number of carbonyl (C=O) groups excluding carboxylic acids is 2. The van der Waals surface area contributed by atoms with Crippen LogP contribution in [0, 0.1) is 0 Å². The summed E-state index contributed by atoms with van der Waals surface area (Å²) >= 11 is 0. The summed E-state index contributed by atoms with van der Waals surface area (Å²) in [5.41, 5.74) is -1.08. The number of ether oxygens (including phenoxy) is 6. The fraction of sp³-hybridized carbons (Fsp3) is 0.278. The largest absolute Gasteiger partial charge is 0.504 e. The van der Waals surface area contributed by atoms with Crippen LogP contribution in [-0.2, 0) is 51.7 Å². The zero-order valence-electron chi connectivity index (χ0n) is 27.1. The smallest absolute Gasteiger partial charge is 0.374 e. The zero-order chi connectivity index (χ0) is 36.1. The van der Waals surface area contributed by atoms with Gasteiger partial charge in [0.25, 0.3) is 5.97 Å². The highest BCUT2D eigenvalue weighted by atomic mass is 17.2. The number of aromatic hydroxyl groups is 4. The van der Waals surface area contributed by atoms with Gasteiger partial charge in [-0.05, 0) is 23.3 Å². The van der Waals surface area contributed by atoms with E-state index in [0.717, 1.165) is 12.1 Å². The minimum Gasteiger partial charge on any atom is -0.504 e. The second-order valence-corrected chi connectivity index (χ2v) is 12.3. The Labute approximate surface area is 293 Å². The molecule has 3 fully saturated rings. The van der Waals surface area contributed by atoms with Crippen molar-refractivity contribution in [1.29, 1.82) is 0 Å². The summed E-state index contributed by atoms with van der Waals surface area (Å²) in [7, 11) is 0. The average molecular weight is 719 g/mol. The Bertz CT molecular complexity index is 2020. The lowest BCUT2D eigenvalue weighted by Gasteiger charge is -2.43. The minimum atomic E-state index is -1.52. The molecular weight excluding hydrogens is 688 g/mol. The fourth-order valence-corrected chi connectivity index (χ4v) is 6.46. The monoisotopic (exact) mass is 718 g/mol. The van der Waals surface area contributed by atoms with Crippen molar-refractivity contribution in [3.05, 3.63) is 95.1 Å². The number of hydrogen-bond donors (Lipinski definition) is 4. The van der Waals surface area contributed by atoms with E-state index in [1.54, 1.807) is 60.7 Å². The number of carbonyl (C=O) groups is 2. The molecule has 4 aromatic carbocycles.